The van der Waals surface area contributed by atoms with Crippen LogP contribution in [0.5, 0.6) is 0 Å². The second-order valence-electron chi connectivity index (χ2n) is 7.08. The maximum Gasteiger partial charge on any atom is 0.253 e. The van der Waals surface area contributed by atoms with Gasteiger partial charge in [0.05, 0.1) is 11.0 Å². The van der Waals surface area contributed by atoms with E-state index in [4.69, 9.17) is 4.98 Å². The molecule has 128 valence electrons. The lowest BCUT2D eigenvalue weighted by Crippen LogP contribution is -2.38. The van der Waals surface area contributed by atoms with Crippen molar-refractivity contribution in [2.45, 2.75) is 32.6 Å². The SMILES string of the molecule is Cc1cccc(C(=O)N2CCC(c3nc4ccc(C)cc4[nH]3)CC2)c1. The fourth-order valence-electron chi connectivity index (χ4n) is 3.65. The Morgan fingerprint density at radius 1 is 1.08 bits per heavy atom. The van der Waals surface area contributed by atoms with E-state index in [1.807, 2.05) is 36.1 Å². The number of carbonyl (C=O) groups is 1. The number of aromatic amines is 1. The Bertz CT molecular complexity index is 920. The number of likely N-dealkylation sites (tertiary alicyclic amines) is 1. The highest BCUT2D eigenvalue weighted by atomic mass is 16.2. The number of piperidine rings is 1. The number of carbonyl (C=O) groups excluding carboxylic acids is 1. The van der Waals surface area contributed by atoms with Crippen LogP contribution in [-0.2, 0) is 0 Å². The highest BCUT2D eigenvalue weighted by Crippen LogP contribution is 2.28. The predicted octanol–water partition coefficient (Wildman–Crippen LogP) is 4.20. The number of amides is 1. The molecule has 2 aromatic carbocycles. The van der Waals surface area contributed by atoms with Crippen LogP contribution < -0.4 is 0 Å². The predicted molar refractivity (Wildman–Crippen MR) is 99.9 cm³/mol. The molecular weight excluding hydrogens is 310 g/mol. The number of imidazole rings is 1. The lowest BCUT2D eigenvalue weighted by atomic mass is 9.95. The number of fused-ring (bicyclic) bond motifs is 1. The molecule has 0 bridgehead atoms. The highest BCUT2D eigenvalue weighted by molar-refractivity contribution is 5.94. The molecule has 1 aliphatic heterocycles. The number of aromatic nitrogens is 2. The van der Waals surface area contributed by atoms with Crippen LogP contribution in [0.1, 0.15) is 46.1 Å². The molecule has 2 heterocycles. The highest BCUT2D eigenvalue weighted by Gasteiger charge is 2.26. The number of hydrogen-bond donors (Lipinski definition) is 1. The molecule has 1 aromatic heterocycles. The normalized spacial score (nSPS) is 15.7. The lowest BCUT2D eigenvalue weighted by Gasteiger charge is -2.31. The number of rotatable bonds is 2. The Morgan fingerprint density at radius 2 is 1.84 bits per heavy atom. The first-order valence-electron chi connectivity index (χ1n) is 8.92. The van der Waals surface area contributed by atoms with Gasteiger partial charge in [-0.15, -0.1) is 0 Å². The molecule has 25 heavy (non-hydrogen) atoms. The van der Waals surface area contributed by atoms with E-state index in [9.17, 15) is 4.79 Å². The van der Waals surface area contributed by atoms with Crippen LogP contribution in [0.15, 0.2) is 42.5 Å². The zero-order valence-corrected chi connectivity index (χ0v) is 14.7. The molecule has 3 aromatic rings. The van der Waals surface area contributed by atoms with E-state index in [1.54, 1.807) is 0 Å². The van der Waals surface area contributed by atoms with Gasteiger partial charge in [0, 0.05) is 24.6 Å². The second-order valence-corrected chi connectivity index (χ2v) is 7.08. The van der Waals surface area contributed by atoms with E-state index >= 15 is 0 Å². The molecule has 4 nitrogen and oxygen atoms in total. The molecule has 1 amide bonds. The van der Waals surface area contributed by atoms with E-state index in [-0.39, 0.29) is 5.91 Å². The van der Waals surface area contributed by atoms with Gasteiger partial charge in [0.25, 0.3) is 5.91 Å². The first kappa shape index (κ1) is 15.9. The fraction of sp³-hybridized carbons (Fsp3) is 0.333. The third kappa shape index (κ3) is 3.16. The zero-order chi connectivity index (χ0) is 17.4. The summed E-state index contributed by atoms with van der Waals surface area (Å²) in [6, 6.07) is 14.1. The van der Waals surface area contributed by atoms with E-state index in [1.165, 1.54) is 5.56 Å². The summed E-state index contributed by atoms with van der Waals surface area (Å²) in [7, 11) is 0. The minimum Gasteiger partial charge on any atom is -0.342 e. The molecule has 1 saturated heterocycles. The van der Waals surface area contributed by atoms with Gasteiger partial charge in [-0.05, 0) is 56.5 Å². The van der Waals surface area contributed by atoms with Crippen LogP contribution in [0.4, 0.5) is 0 Å². The van der Waals surface area contributed by atoms with Crippen LogP contribution in [0.2, 0.25) is 0 Å². The van der Waals surface area contributed by atoms with Crippen molar-refractivity contribution < 1.29 is 4.79 Å². The Hall–Kier alpha value is -2.62. The van der Waals surface area contributed by atoms with E-state index < -0.39 is 0 Å². The van der Waals surface area contributed by atoms with E-state index in [2.05, 4.69) is 30.1 Å². The molecule has 0 saturated carbocycles. The summed E-state index contributed by atoms with van der Waals surface area (Å²) in [4.78, 5) is 22.9. The molecule has 1 N–H and O–H groups in total. The summed E-state index contributed by atoms with van der Waals surface area (Å²) in [5.41, 5.74) is 5.28. The second kappa shape index (κ2) is 6.36. The number of nitrogens with zero attached hydrogens (tertiary/aromatic N) is 2. The van der Waals surface area contributed by atoms with Crippen LogP contribution in [0.25, 0.3) is 11.0 Å². The first-order valence-corrected chi connectivity index (χ1v) is 8.92. The van der Waals surface area contributed by atoms with Gasteiger partial charge < -0.3 is 9.88 Å². The zero-order valence-electron chi connectivity index (χ0n) is 14.7. The monoisotopic (exact) mass is 333 g/mol. The topological polar surface area (TPSA) is 49.0 Å². The Labute approximate surface area is 147 Å². The van der Waals surface area contributed by atoms with Gasteiger partial charge in [-0.25, -0.2) is 4.98 Å². The third-order valence-electron chi connectivity index (χ3n) is 5.09. The van der Waals surface area contributed by atoms with Crippen molar-refractivity contribution >= 4 is 16.9 Å². The first-order chi connectivity index (χ1) is 12.1. The lowest BCUT2D eigenvalue weighted by molar-refractivity contribution is 0.0711. The molecule has 0 spiro atoms. The van der Waals surface area contributed by atoms with Crippen LogP contribution in [-0.4, -0.2) is 33.9 Å². The summed E-state index contributed by atoms with van der Waals surface area (Å²) in [6.45, 7) is 5.68. The van der Waals surface area contributed by atoms with Gasteiger partial charge in [-0.3, -0.25) is 4.79 Å². The number of nitrogens with one attached hydrogen (secondary N) is 1. The third-order valence-corrected chi connectivity index (χ3v) is 5.09. The minimum atomic E-state index is 0.141. The summed E-state index contributed by atoms with van der Waals surface area (Å²) < 4.78 is 0. The molecule has 0 radical (unpaired) electrons. The molecule has 4 rings (SSSR count). The quantitative estimate of drug-likeness (QED) is 0.764. The largest absolute Gasteiger partial charge is 0.342 e. The van der Waals surface area contributed by atoms with Gasteiger partial charge in [0.15, 0.2) is 0 Å². The average Bonchev–Trinajstić information content (AvgIpc) is 3.04. The van der Waals surface area contributed by atoms with Crippen molar-refractivity contribution in [3.05, 3.63) is 65.0 Å². The summed E-state index contributed by atoms with van der Waals surface area (Å²) in [5.74, 6) is 1.60. The van der Waals surface area contributed by atoms with Crippen LogP contribution in [0, 0.1) is 13.8 Å². The Balaban J connectivity index is 1.46. The van der Waals surface area contributed by atoms with Gasteiger partial charge >= 0.3 is 0 Å². The average molecular weight is 333 g/mol. The standard InChI is InChI=1S/C21H23N3O/c1-14-4-3-5-17(12-14)21(25)24-10-8-16(9-11-24)20-22-18-7-6-15(2)13-19(18)23-20/h3-7,12-13,16H,8-11H2,1-2H3,(H,22,23). The Morgan fingerprint density at radius 3 is 2.60 bits per heavy atom. The van der Waals surface area contributed by atoms with Gasteiger partial charge in [-0.1, -0.05) is 23.8 Å². The summed E-state index contributed by atoms with van der Waals surface area (Å²) >= 11 is 0. The fourth-order valence-corrected chi connectivity index (χ4v) is 3.65. The summed E-state index contributed by atoms with van der Waals surface area (Å²) in [6.07, 6.45) is 1.91. The number of hydrogen-bond acceptors (Lipinski definition) is 2. The molecule has 0 aliphatic carbocycles. The Kier molecular flexibility index (Phi) is 4.04. The molecule has 0 atom stereocenters. The van der Waals surface area contributed by atoms with Crippen molar-refractivity contribution in [1.82, 2.24) is 14.9 Å². The van der Waals surface area contributed by atoms with Crippen molar-refractivity contribution in [3.8, 4) is 0 Å². The van der Waals surface area contributed by atoms with Crippen LogP contribution in [0.3, 0.4) is 0 Å². The van der Waals surface area contributed by atoms with Gasteiger partial charge in [0.1, 0.15) is 5.82 Å². The van der Waals surface area contributed by atoms with E-state index in [0.29, 0.717) is 5.92 Å². The molecule has 0 unspecified atom stereocenters. The van der Waals surface area contributed by atoms with Crippen molar-refractivity contribution in [1.29, 1.82) is 0 Å². The maximum atomic E-state index is 12.7. The van der Waals surface area contributed by atoms with Crippen LogP contribution >= 0.6 is 0 Å². The molecule has 1 fully saturated rings. The van der Waals surface area contributed by atoms with Crippen molar-refractivity contribution in [3.63, 3.8) is 0 Å². The molecule has 4 heteroatoms. The van der Waals surface area contributed by atoms with Gasteiger partial charge in [0.2, 0.25) is 0 Å². The summed E-state index contributed by atoms with van der Waals surface area (Å²) in [5, 5.41) is 0. The molecule has 1 aliphatic rings. The van der Waals surface area contributed by atoms with Crippen molar-refractivity contribution in [2.24, 2.45) is 0 Å². The minimum absolute atomic E-state index is 0.141. The number of H-pyrrole nitrogens is 1. The number of benzene rings is 2. The van der Waals surface area contributed by atoms with Gasteiger partial charge in [-0.2, -0.15) is 0 Å². The molecular formula is C21H23N3O. The van der Waals surface area contributed by atoms with Crippen molar-refractivity contribution in [2.75, 3.05) is 13.1 Å². The van der Waals surface area contributed by atoms with E-state index in [0.717, 1.165) is 53.9 Å². The number of aryl methyl sites for hydroxylation is 2. The maximum absolute atomic E-state index is 12.7. The smallest absolute Gasteiger partial charge is 0.253 e.